The summed E-state index contributed by atoms with van der Waals surface area (Å²) in [5.41, 5.74) is -0.349. The minimum absolute atomic E-state index is 0.144. The van der Waals surface area contributed by atoms with Crippen molar-refractivity contribution in [2.45, 2.75) is 4.90 Å². The van der Waals surface area contributed by atoms with Crippen molar-refractivity contribution >= 4 is 10.1 Å². The molecule has 2 rings (SSSR count). The van der Waals surface area contributed by atoms with Gasteiger partial charge in [0.25, 0.3) is 0 Å². The zero-order valence-corrected chi connectivity index (χ0v) is 10.4. The van der Waals surface area contributed by atoms with Crippen LogP contribution in [-0.4, -0.2) is 8.42 Å². The van der Waals surface area contributed by atoms with Gasteiger partial charge in [0.2, 0.25) is 0 Å². The number of rotatable bonds is 3. The molecule has 0 bridgehead atoms. The van der Waals surface area contributed by atoms with Crippen molar-refractivity contribution in [2.24, 2.45) is 0 Å². The maximum Gasteiger partial charge on any atom is 0.339 e. The average molecular weight is 277 g/mol. The highest BCUT2D eigenvalue weighted by Gasteiger charge is 2.18. The molecule has 0 N–H and O–H groups in total. The van der Waals surface area contributed by atoms with Gasteiger partial charge in [-0.15, -0.1) is 0 Å². The summed E-state index contributed by atoms with van der Waals surface area (Å²) < 4.78 is 41.8. The lowest BCUT2D eigenvalue weighted by Crippen LogP contribution is -2.10. The van der Waals surface area contributed by atoms with Crippen LogP contribution >= 0.6 is 0 Å². The smallest absolute Gasteiger partial charge is 0.339 e. The van der Waals surface area contributed by atoms with Crippen molar-refractivity contribution in [1.82, 2.24) is 0 Å². The average Bonchev–Trinajstić information content (AvgIpc) is 2.39. The summed E-state index contributed by atoms with van der Waals surface area (Å²) in [6.07, 6.45) is 0. The van der Waals surface area contributed by atoms with Crippen LogP contribution in [0.2, 0.25) is 0 Å². The van der Waals surface area contributed by atoms with E-state index in [4.69, 9.17) is 9.44 Å². The van der Waals surface area contributed by atoms with E-state index in [-0.39, 0.29) is 16.2 Å². The molecule has 0 radical (unpaired) electrons. The first kappa shape index (κ1) is 13.1. The van der Waals surface area contributed by atoms with E-state index in [9.17, 15) is 12.8 Å². The molecule has 0 aliphatic carbocycles. The predicted octanol–water partition coefficient (Wildman–Crippen LogP) is 2.47. The van der Waals surface area contributed by atoms with Crippen molar-refractivity contribution in [2.75, 3.05) is 0 Å². The molecular weight excluding hydrogens is 269 g/mol. The van der Waals surface area contributed by atoms with Gasteiger partial charge in [0, 0.05) is 0 Å². The maximum absolute atomic E-state index is 13.1. The molecule has 0 aliphatic heterocycles. The number of nitriles is 1. The standard InChI is InChI=1S/C13H8FNO3S/c14-13-7-6-12(8-10(13)9-15)19(16,17)18-11-4-2-1-3-5-11/h1-8H. The Labute approximate surface area is 109 Å². The Balaban J connectivity index is 2.38. The first-order chi connectivity index (χ1) is 9.03. The second kappa shape index (κ2) is 5.08. The number of benzene rings is 2. The van der Waals surface area contributed by atoms with Gasteiger partial charge >= 0.3 is 10.1 Å². The van der Waals surface area contributed by atoms with E-state index >= 15 is 0 Å². The van der Waals surface area contributed by atoms with Crippen LogP contribution in [-0.2, 0) is 10.1 Å². The highest BCUT2D eigenvalue weighted by molar-refractivity contribution is 7.87. The van der Waals surface area contributed by atoms with Gasteiger partial charge < -0.3 is 4.18 Å². The van der Waals surface area contributed by atoms with Crippen LogP contribution in [0.25, 0.3) is 0 Å². The molecule has 2 aromatic rings. The Bertz CT molecular complexity index is 736. The van der Waals surface area contributed by atoms with Crippen LogP contribution < -0.4 is 4.18 Å². The second-order valence-electron chi connectivity index (χ2n) is 3.60. The Hall–Kier alpha value is -2.39. The van der Waals surface area contributed by atoms with Gasteiger partial charge in [-0.2, -0.15) is 13.7 Å². The molecule has 0 fully saturated rings. The molecule has 0 atom stereocenters. The molecule has 19 heavy (non-hydrogen) atoms. The van der Waals surface area contributed by atoms with E-state index in [1.165, 1.54) is 12.1 Å². The van der Waals surface area contributed by atoms with Gasteiger partial charge in [-0.25, -0.2) is 4.39 Å². The summed E-state index contributed by atoms with van der Waals surface area (Å²) >= 11 is 0. The van der Waals surface area contributed by atoms with E-state index < -0.39 is 15.9 Å². The minimum atomic E-state index is -4.08. The molecule has 0 heterocycles. The zero-order valence-electron chi connectivity index (χ0n) is 9.58. The largest absolute Gasteiger partial charge is 0.379 e. The van der Waals surface area contributed by atoms with Gasteiger partial charge in [-0.1, -0.05) is 18.2 Å². The molecule has 0 saturated carbocycles. The minimum Gasteiger partial charge on any atom is -0.379 e. The fraction of sp³-hybridized carbons (Fsp3) is 0. The van der Waals surface area contributed by atoms with Crippen LogP contribution in [0.1, 0.15) is 5.56 Å². The highest BCUT2D eigenvalue weighted by atomic mass is 32.2. The SMILES string of the molecule is N#Cc1cc(S(=O)(=O)Oc2ccccc2)ccc1F. The number of hydrogen-bond acceptors (Lipinski definition) is 4. The first-order valence-electron chi connectivity index (χ1n) is 5.22. The van der Waals surface area contributed by atoms with Crippen molar-refractivity contribution in [1.29, 1.82) is 5.26 Å². The molecule has 2 aromatic carbocycles. The molecule has 4 nitrogen and oxygen atoms in total. The molecule has 0 aliphatic rings. The van der Waals surface area contributed by atoms with Crippen LogP contribution in [0.15, 0.2) is 53.4 Å². The lowest BCUT2D eigenvalue weighted by atomic mass is 10.2. The van der Waals surface area contributed by atoms with Crippen molar-refractivity contribution in [3.05, 3.63) is 59.9 Å². The Morgan fingerprint density at radius 1 is 1.11 bits per heavy atom. The summed E-state index contributed by atoms with van der Waals surface area (Å²) in [5, 5.41) is 8.67. The summed E-state index contributed by atoms with van der Waals surface area (Å²) in [6.45, 7) is 0. The van der Waals surface area contributed by atoms with Crippen LogP contribution in [0.3, 0.4) is 0 Å². The molecule has 0 unspecified atom stereocenters. The van der Waals surface area contributed by atoms with E-state index in [2.05, 4.69) is 0 Å². The lowest BCUT2D eigenvalue weighted by Gasteiger charge is -2.07. The molecule has 96 valence electrons. The second-order valence-corrected chi connectivity index (χ2v) is 5.15. The molecular formula is C13H8FNO3S. The predicted molar refractivity (Wildman–Crippen MR) is 65.4 cm³/mol. The van der Waals surface area contributed by atoms with Gasteiger partial charge in [0.15, 0.2) is 0 Å². The van der Waals surface area contributed by atoms with Crippen LogP contribution in [0.5, 0.6) is 5.75 Å². The normalized spacial score (nSPS) is 10.7. The topological polar surface area (TPSA) is 67.2 Å². The van der Waals surface area contributed by atoms with Gasteiger partial charge in [0.05, 0.1) is 5.56 Å². The van der Waals surface area contributed by atoms with Crippen LogP contribution in [0, 0.1) is 17.1 Å². The van der Waals surface area contributed by atoms with Gasteiger partial charge in [-0.05, 0) is 30.3 Å². The van der Waals surface area contributed by atoms with E-state index in [0.717, 1.165) is 18.2 Å². The first-order valence-corrected chi connectivity index (χ1v) is 6.63. The number of halogens is 1. The number of para-hydroxylation sites is 1. The zero-order chi connectivity index (χ0) is 13.9. The van der Waals surface area contributed by atoms with Gasteiger partial charge in [0.1, 0.15) is 22.5 Å². The molecule has 6 heteroatoms. The quantitative estimate of drug-likeness (QED) is 0.808. The third-order valence-corrected chi connectivity index (χ3v) is 3.54. The van der Waals surface area contributed by atoms with Crippen LogP contribution in [0.4, 0.5) is 4.39 Å². The number of hydrogen-bond donors (Lipinski definition) is 0. The summed E-state index contributed by atoms with van der Waals surface area (Å²) in [6, 6.07) is 12.4. The summed E-state index contributed by atoms with van der Waals surface area (Å²) in [5.74, 6) is -0.633. The van der Waals surface area contributed by atoms with Crippen molar-refractivity contribution in [3.8, 4) is 11.8 Å². The molecule has 0 spiro atoms. The third-order valence-electron chi connectivity index (χ3n) is 2.30. The van der Waals surface area contributed by atoms with E-state index in [1.54, 1.807) is 24.3 Å². The number of nitrogens with zero attached hydrogens (tertiary/aromatic N) is 1. The summed E-state index contributed by atoms with van der Waals surface area (Å²) in [7, 11) is -4.08. The molecule has 0 amide bonds. The fourth-order valence-electron chi connectivity index (χ4n) is 1.40. The Morgan fingerprint density at radius 2 is 1.79 bits per heavy atom. The Kier molecular flexibility index (Phi) is 3.49. The van der Waals surface area contributed by atoms with Gasteiger partial charge in [-0.3, -0.25) is 0 Å². The molecule has 0 aromatic heterocycles. The fourth-order valence-corrected chi connectivity index (χ4v) is 2.35. The van der Waals surface area contributed by atoms with Crippen molar-refractivity contribution in [3.63, 3.8) is 0 Å². The lowest BCUT2D eigenvalue weighted by molar-refractivity contribution is 0.486. The Morgan fingerprint density at radius 3 is 2.42 bits per heavy atom. The van der Waals surface area contributed by atoms with Crippen molar-refractivity contribution < 1.29 is 17.0 Å². The third kappa shape index (κ3) is 2.89. The molecule has 0 saturated heterocycles. The summed E-state index contributed by atoms with van der Waals surface area (Å²) in [4.78, 5) is -0.269. The maximum atomic E-state index is 13.1. The van der Waals surface area contributed by atoms with E-state index in [1.807, 2.05) is 0 Å². The monoisotopic (exact) mass is 277 g/mol. The van der Waals surface area contributed by atoms with E-state index in [0.29, 0.717) is 0 Å². The highest BCUT2D eigenvalue weighted by Crippen LogP contribution is 2.20.